The third-order valence-electron chi connectivity index (χ3n) is 5.50. The molecule has 2 unspecified atom stereocenters. The quantitative estimate of drug-likeness (QED) is 0.624. The highest BCUT2D eigenvalue weighted by Gasteiger charge is 2.44. The van der Waals surface area contributed by atoms with Crippen molar-refractivity contribution in [2.24, 2.45) is 0 Å². The van der Waals surface area contributed by atoms with Crippen molar-refractivity contribution >= 4 is 11.9 Å². The number of benzene rings is 3. The molecule has 0 radical (unpaired) electrons. The van der Waals surface area contributed by atoms with Gasteiger partial charge in [0, 0.05) is 12.1 Å². The lowest BCUT2D eigenvalue weighted by atomic mass is 9.79. The number of amides is 1. The van der Waals surface area contributed by atoms with E-state index in [0.717, 1.165) is 0 Å². The van der Waals surface area contributed by atoms with E-state index in [2.05, 4.69) is 0 Å². The number of ether oxygens (including phenoxy) is 1. The molecule has 0 bridgehead atoms. The normalized spacial score (nSPS) is 17.9. The van der Waals surface area contributed by atoms with Crippen molar-refractivity contribution in [2.45, 2.75) is 25.4 Å². The fourth-order valence-corrected chi connectivity index (χ4v) is 4.12. The van der Waals surface area contributed by atoms with Gasteiger partial charge in [-0.1, -0.05) is 42.5 Å². The standard InChI is InChI=1S/C25H22FNO4/c1-2-31-19-13-9-17(10-14-19)23-22(25(29)30)20-5-3-4-6-21(20)24(28)27(23)15-16-7-11-18(26)12-8-16/h3-14,22-23H,2,15H2,1H3,(H,29,30). The minimum absolute atomic E-state index is 0.162. The maximum absolute atomic E-state index is 13.4. The predicted molar refractivity (Wildman–Crippen MR) is 113 cm³/mol. The summed E-state index contributed by atoms with van der Waals surface area (Å²) in [6.45, 7) is 2.56. The fourth-order valence-electron chi connectivity index (χ4n) is 4.12. The van der Waals surface area contributed by atoms with E-state index in [4.69, 9.17) is 4.74 Å². The van der Waals surface area contributed by atoms with E-state index in [-0.39, 0.29) is 18.3 Å². The van der Waals surface area contributed by atoms with Gasteiger partial charge in [0.15, 0.2) is 0 Å². The van der Waals surface area contributed by atoms with Gasteiger partial charge in [-0.05, 0) is 53.9 Å². The Bertz CT molecular complexity index is 1100. The fraction of sp³-hybridized carbons (Fsp3) is 0.200. The van der Waals surface area contributed by atoms with Crippen molar-refractivity contribution in [3.05, 3.63) is 101 Å². The Hall–Kier alpha value is -3.67. The van der Waals surface area contributed by atoms with Gasteiger partial charge < -0.3 is 14.7 Å². The predicted octanol–water partition coefficient (Wildman–Crippen LogP) is 4.79. The van der Waals surface area contributed by atoms with Crippen LogP contribution in [0.2, 0.25) is 0 Å². The molecule has 0 aliphatic carbocycles. The molecule has 2 atom stereocenters. The Kier molecular flexibility index (Phi) is 5.71. The van der Waals surface area contributed by atoms with Crippen LogP contribution in [0, 0.1) is 5.82 Å². The molecule has 1 aliphatic rings. The summed E-state index contributed by atoms with van der Waals surface area (Å²) < 4.78 is 18.9. The van der Waals surface area contributed by atoms with Crippen LogP contribution in [0.3, 0.4) is 0 Å². The first kappa shape index (κ1) is 20.6. The molecule has 4 rings (SSSR count). The van der Waals surface area contributed by atoms with E-state index in [1.54, 1.807) is 65.6 Å². The first-order valence-corrected chi connectivity index (χ1v) is 10.1. The molecule has 31 heavy (non-hydrogen) atoms. The Balaban J connectivity index is 1.83. The summed E-state index contributed by atoms with van der Waals surface area (Å²) in [7, 11) is 0. The maximum Gasteiger partial charge on any atom is 0.313 e. The minimum Gasteiger partial charge on any atom is -0.494 e. The van der Waals surface area contributed by atoms with Crippen LogP contribution in [0.15, 0.2) is 72.8 Å². The molecule has 0 saturated heterocycles. The number of hydrogen-bond acceptors (Lipinski definition) is 3. The van der Waals surface area contributed by atoms with Gasteiger partial charge in [-0.2, -0.15) is 0 Å². The molecular weight excluding hydrogens is 397 g/mol. The zero-order chi connectivity index (χ0) is 22.0. The van der Waals surface area contributed by atoms with Crippen molar-refractivity contribution in [2.75, 3.05) is 6.61 Å². The molecule has 1 aliphatic heterocycles. The van der Waals surface area contributed by atoms with E-state index in [1.165, 1.54) is 12.1 Å². The molecule has 1 heterocycles. The SMILES string of the molecule is CCOc1ccc(C2C(C(=O)O)c3ccccc3C(=O)N2Cc2ccc(F)cc2)cc1. The van der Waals surface area contributed by atoms with Gasteiger partial charge in [0.1, 0.15) is 17.5 Å². The maximum atomic E-state index is 13.4. The molecule has 3 aromatic carbocycles. The van der Waals surface area contributed by atoms with E-state index in [9.17, 15) is 19.1 Å². The second-order valence-corrected chi connectivity index (χ2v) is 7.41. The number of nitrogens with zero attached hydrogens (tertiary/aromatic N) is 1. The summed E-state index contributed by atoms with van der Waals surface area (Å²) in [6, 6.07) is 19.1. The molecule has 0 saturated carbocycles. The third kappa shape index (κ3) is 4.01. The van der Waals surface area contributed by atoms with Crippen LogP contribution in [-0.4, -0.2) is 28.5 Å². The molecule has 1 N–H and O–H groups in total. The second-order valence-electron chi connectivity index (χ2n) is 7.41. The highest BCUT2D eigenvalue weighted by Crippen LogP contribution is 2.43. The van der Waals surface area contributed by atoms with Gasteiger partial charge in [-0.15, -0.1) is 0 Å². The van der Waals surface area contributed by atoms with Crippen molar-refractivity contribution in [3.63, 3.8) is 0 Å². The first-order chi connectivity index (χ1) is 15.0. The van der Waals surface area contributed by atoms with E-state index in [1.807, 2.05) is 6.92 Å². The smallest absolute Gasteiger partial charge is 0.313 e. The molecule has 6 heteroatoms. The number of aliphatic carboxylic acids is 1. The Labute approximate surface area is 179 Å². The molecule has 0 fully saturated rings. The van der Waals surface area contributed by atoms with Crippen molar-refractivity contribution in [3.8, 4) is 5.75 Å². The Morgan fingerprint density at radius 1 is 1.03 bits per heavy atom. The van der Waals surface area contributed by atoms with Gasteiger partial charge in [-0.25, -0.2) is 4.39 Å². The highest BCUT2D eigenvalue weighted by atomic mass is 19.1. The van der Waals surface area contributed by atoms with Gasteiger partial charge in [0.2, 0.25) is 0 Å². The first-order valence-electron chi connectivity index (χ1n) is 10.1. The number of carbonyl (C=O) groups excluding carboxylic acids is 1. The van der Waals surface area contributed by atoms with Crippen LogP contribution < -0.4 is 4.74 Å². The zero-order valence-electron chi connectivity index (χ0n) is 17.0. The van der Waals surface area contributed by atoms with Gasteiger partial charge in [-0.3, -0.25) is 9.59 Å². The molecular formula is C25H22FNO4. The zero-order valence-corrected chi connectivity index (χ0v) is 17.0. The number of fused-ring (bicyclic) bond motifs is 1. The summed E-state index contributed by atoms with van der Waals surface area (Å²) in [5.41, 5.74) is 2.28. The van der Waals surface area contributed by atoms with Crippen LogP contribution in [0.1, 0.15) is 45.9 Å². The summed E-state index contributed by atoms with van der Waals surface area (Å²) in [5, 5.41) is 10.1. The number of hydrogen-bond donors (Lipinski definition) is 1. The van der Waals surface area contributed by atoms with Crippen LogP contribution >= 0.6 is 0 Å². The van der Waals surface area contributed by atoms with Crippen molar-refractivity contribution in [1.82, 2.24) is 4.90 Å². The van der Waals surface area contributed by atoms with E-state index < -0.39 is 17.9 Å². The largest absolute Gasteiger partial charge is 0.494 e. The Morgan fingerprint density at radius 2 is 1.71 bits per heavy atom. The van der Waals surface area contributed by atoms with Gasteiger partial charge in [0.05, 0.1) is 12.6 Å². The van der Waals surface area contributed by atoms with Crippen LogP contribution in [-0.2, 0) is 11.3 Å². The molecule has 0 spiro atoms. The lowest BCUT2D eigenvalue weighted by Crippen LogP contribution is -2.44. The number of carboxylic acid groups (broad SMARTS) is 1. The number of carboxylic acids is 1. The van der Waals surface area contributed by atoms with Crippen LogP contribution in [0.4, 0.5) is 4.39 Å². The highest BCUT2D eigenvalue weighted by molar-refractivity contribution is 6.00. The monoisotopic (exact) mass is 419 g/mol. The van der Waals surface area contributed by atoms with Crippen LogP contribution in [0.25, 0.3) is 0 Å². The number of rotatable bonds is 6. The molecule has 158 valence electrons. The van der Waals surface area contributed by atoms with E-state index in [0.29, 0.717) is 34.6 Å². The second kappa shape index (κ2) is 8.60. The van der Waals surface area contributed by atoms with Crippen molar-refractivity contribution < 1.29 is 23.8 Å². The minimum atomic E-state index is -1.01. The van der Waals surface area contributed by atoms with Crippen molar-refractivity contribution in [1.29, 1.82) is 0 Å². The van der Waals surface area contributed by atoms with Crippen LogP contribution in [0.5, 0.6) is 5.75 Å². The summed E-state index contributed by atoms with van der Waals surface area (Å²) in [5.74, 6) is -1.90. The molecule has 3 aromatic rings. The average molecular weight is 419 g/mol. The molecule has 0 aromatic heterocycles. The molecule has 1 amide bonds. The average Bonchev–Trinajstić information content (AvgIpc) is 2.77. The lowest BCUT2D eigenvalue weighted by molar-refractivity contribution is -0.140. The molecule has 5 nitrogen and oxygen atoms in total. The number of halogens is 1. The summed E-state index contributed by atoms with van der Waals surface area (Å²) in [4.78, 5) is 27.4. The van der Waals surface area contributed by atoms with Gasteiger partial charge in [0.25, 0.3) is 5.91 Å². The summed E-state index contributed by atoms with van der Waals surface area (Å²) in [6.07, 6.45) is 0. The topological polar surface area (TPSA) is 66.8 Å². The third-order valence-corrected chi connectivity index (χ3v) is 5.50. The van der Waals surface area contributed by atoms with Gasteiger partial charge >= 0.3 is 5.97 Å². The van der Waals surface area contributed by atoms with E-state index >= 15 is 0 Å². The number of carbonyl (C=O) groups is 2. The lowest BCUT2D eigenvalue weighted by Gasteiger charge is -2.41. The summed E-state index contributed by atoms with van der Waals surface area (Å²) >= 11 is 0. The Morgan fingerprint density at radius 3 is 2.35 bits per heavy atom.